The summed E-state index contributed by atoms with van der Waals surface area (Å²) >= 11 is 0. The van der Waals surface area contributed by atoms with E-state index in [0.717, 1.165) is 0 Å². The van der Waals surface area contributed by atoms with Gasteiger partial charge in [0.2, 0.25) is 0 Å². The van der Waals surface area contributed by atoms with Crippen LogP contribution in [0.25, 0.3) is 0 Å². The fraction of sp³-hybridized carbons (Fsp3) is 0.300. The van der Waals surface area contributed by atoms with Crippen LogP contribution in [0.1, 0.15) is 6.92 Å². The molecule has 0 aliphatic carbocycles. The average Bonchev–Trinajstić information content (AvgIpc) is 2.17. The summed E-state index contributed by atoms with van der Waals surface area (Å²) in [6, 6.07) is 8.71. The molecule has 1 aromatic carbocycles. The first-order valence-electron chi connectivity index (χ1n) is 4.15. The van der Waals surface area contributed by atoms with Gasteiger partial charge >= 0.3 is 5.97 Å². The summed E-state index contributed by atoms with van der Waals surface area (Å²) in [5.41, 5.74) is 0. The molecule has 0 atom stereocenters. The Morgan fingerprint density at radius 3 is 2.14 bits per heavy atom. The van der Waals surface area contributed by atoms with Crippen molar-refractivity contribution in [1.29, 1.82) is 0 Å². The smallest absolute Gasteiger partial charge is 0.302 e. The van der Waals surface area contributed by atoms with E-state index in [0.29, 0.717) is 5.75 Å². The number of phenols is 1. The summed E-state index contributed by atoms with van der Waals surface area (Å²) in [6.07, 6.45) is 0. The van der Waals surface area contributed by atoms with Crippen LogP contribution in [0.5, 0.6) is 5.75 Å². The van der Waals surface area contributed by atoms with Gasteiger partial charge in [0, 0.05) is 6.92 Å². The van der Waals surface area contributed by atoms with E-state index in [2.05, 4.69) is 4.74 Å². The molecule has 78 valence electrons. The van der Waals surface area contributed by atoms with Gasteiger partial charge in [-0.15, -0.1) is 0 Å². The number of carbonyl (C=O) groups is 1. The lowest BCUT2D eigenvalue weighted by atomic mass is 10.3. The number of hydrogen-bond acceptors (Lipinski definition) is 4. The minimum Gasteiger partial charge on any atom is -0.508 e. The van der Waals surface area contributed by atoms with E-state index < -0.39 is 0 Å². The molecule has 0 saturated heterocycles. The van der Waals surface area contributed by atoms with Gasteiger partial charge in [0.25, 0.3) is 0 Å². The summed E-state index contributed by atoms with van der Waals surface area (Å²) in [7, 11) is 0. The molecule has 2 N–H and O–H groups in total. The average molecular weight is 198 g/mol. The molecule has 0 unspecified atom stereocenters. The number of carbonyl (C=O) groups excluding carboxylic acids is 1. The molecule has 1 rings (SSSR count). The van der Waals surface area contributed by atoms with Gasteiger partial charge in [-0.2, -0.15) is 0 Å². The zero-order valence-electron chi connectivity index (χ0n) is 8.01. The quantitative estimate of drug-likeness (QED) is 0.694. The number of aromatic hydroxyl groups is 1. The number of benzene rings is 1. The molecule has 4 heteroatoms. The Hall–Kier alpha value is -1.55. The number of phenolic OH excluding ortho intramolecular Hbond substituents is 1. The molecular formula is C10H14O4. The molecule has 0 heterocycles. The molecule has 0 saturated carbocycles. The third-order valence-corrected chi connectivity index (χ3v) is 1.15. The highest BCUT2D eigenvalue weighted by Crippen LogP contribution is 2.02. The molecule has 0 radical (unpaired) electrons. The summed E-state index contributed by atoms with van der Waals surface area (Å²) < 4.78 is 4.30. The maximum atomic E-state index is 9.87. The Bertz CT molecular complexity index is 246. The van der Waals surface area contributed by atoms with Crippen LogP contribution in [0.4, 0.5) is 0 Å². The van der Waals surface area contributed by atoms with Crippen LogP contribution in [0.3, 0.4) is 0 Å². The second kappa shape index (κ2) is 8.07. The van der Waals surface area contributed by atoms with Crippen LogP contribution < -0.4 is 0 Å². The van der Waals surface area contributed by atoms with Crippen LogP contribution in [-0.2, 0) is 9.53 Å². The van der Waals surface area contributed by atoms with E-state index >= 15 is 0 Å². The molecule has 1 aromatic rings. The summed E-state index contributed by atoms with van der Waals surface area (Å²) in [4.78, 5) is 9.87. The van der Waals surface area contributed by atoms with Gasteiger partial charge in [-0.3, -0.25) is 4.79 Å². The molecule has 14 heavy (non-hydrogen) atoms. The van der Waals surface area contributed by atoms with Crippen molar-refractivity contribution in [2.24, 2.45) is 0 Å². The Balaban J connectivity index is 0.000000241. The molecule has 0 bridgehead atoms. The van der Waals surface area contributed by atoms with Gasteiger partial charge in [0.15, 0.2) is 0 Å². The molecule has 0 aliphatic rings. The molecule has 0 spiro atoms. The van der Waals surface area contributed by atoms with Gasteiger partial charge < -0.3 is 14.9 Å². The lowest BCUT2D eigenvalue weighted by Gasteiger charge is -1.93. The zero-order valence-corrected chi connectivity index (χ0v) is 8.01. The number of aliphatic hydroxyl groups is 1. The number of esters is 1. The molecule has 0 aliphatic heterocycles. The molecule has 0 amide bonds. The van der Waals surface area contributed by atoms with Crippen LogP contribution >= 0.6 is 0 Å². The minimum atomic E-state index is -0.353. The first kappa shape index (κ1) is 12.4. The van der Waals surface area contributed by atoms with Gasteiger partial charge in [0.1, 0.15) is 12.4 Å². The van der Waals surface area contributed by atoms with Gasteiger partial charge in [0.05, 0.1) is 6.61 Å². The van der Waals surface area contributed by atoms with Gasteiger partial charge in [-0.05, 0) is 12.1 Å². The summed E-state index contributed by atoms with van der Waals surface area (Å²) in [5, 5.41) is 16.7. The van der Waals surface area contributed by atoms with E-state index in [4.69, 9.17) is 10.2 Å². The van der Waals surface area contributed by atoms with Crippen molar-refractivity contribution in [2.45, 2.75) is 6.92 Å². The number of para-hydroxylation sites is 1. The van der Waals surface area contributed by atoms with Crippen molar-refractivity contribution >= 4 is 5.97 Å². The highest BCUT2D eigenvalue weighted by atomic mass is 16.5. The molecule has 4 nitrogen and oxygen atoms in total. The number of hydrogen-bond donors (Lipinski definition) is 2. The fourth-order valence-electron chi connectivity index (χ4n) is 0.617. The lowest BCUT2D eigenvalue weighted by molar-refractivity contribution is -0.141. The van der Waals surface area contributed by atoms with Crippen molar-refractivity contribution in [1.82, 2.24) is 0 Å². The Kier molecular flexibility index (Phi) is 7.17. The SMILES string of the molecule is CC(=O)OCCO.Oc1ccccc1. The predicted octanol–water partition coefficient (Wildman–Crippen LogP) is 0.934. The van der Waals surface area contributed by atoms with Crippen LogP contribution in [-0.4, -0.2) is 29.4 Å². The highest BCUT2D eigenvalue weighted by molar-refractivity contribution is 5.65. The Morgan fingerprint density at radius 2 is 1.93 bits per heavy atom. The fourth-order valence-corrected chi connectivity index (χ4v) is 0.617. The molecule has 0 aromatic heterocycles. The van der Waals surface area contributed by atoms with Crippen LogP contribution in [0.2, 0.25) is 0 Å². The third-order valence-electron chi connectivity index (χ3n) is 1.15. The standard InChI is InChI=1S/C6H6O.C4H8O3/c7-6-4-2-1-3-5-6;1-4(6)7-3-2-5/h1-5,7H;5H,2-3H2,1H3. The van der Waals surface area contributed by atoms with Crippen molar-refractivity contribution in [3.63, 3.8) is 0 Å². The monoisotopic (exact) mass is 198 g/mol. The first-order chi connectivity index (χ1) is 6.66. The van der Waals surface area contributed by atoms with Crippen LogP contribution in [0.15, 0.2) is 30.3 Å². The van der Waals surface area contributed by atoms with E-state index in [1.165, 1.54) is 6.92 Å². The van der Waals surface area contributed by atoms with E-state index in [1.54, 1.807) is 24.3 Å². The van der Waals surface area contributed by atoms with Gasteiger partial charge in [-0.25, -0.2) is 0 Å². The topological polar surface area (TPSA) is 66.8 Å². The van der Waals surface area contributed by atoms with E-state index in [1.807, 2.05) is 6.07 Å². The largest absolute Gasteiger partial charge is 0.508 e. The second-order valence-electron chi connectivity index (χ2n) is 2.40. The number of rotatable bonds is 2. The summed E-state index contributed by atoms with van der Waals surface area (Å²) in [5.74, 6) is -0.0310. The maximum Gasteiger partial charge on any atom is 0.302 e. The van der Waals surface area contributed by atoms with Crippen molar-refractivity contribution in [3.8, 4) is 5.75 Å². The van der Waals surface area contributed by atoms with Gasteiger partial charge in [-0.1, -0.05) is 18.2 Å². The van der Waals surface area contributed by atoms with Crippen molar-refractivity contribution in [3.05, 3.63) is 30.3 Å². The number of aliphatic hydroxyl groups excluding tert-OH is 1. The Labute approximate surface area is 82.8 Å². The predicted molar refractivity (Wildman–Crippen MR) is 51.8 cm³/mol. The third kappa shape index (κ3) is 8.55. The zero-order chi connectivity index (χ0) is 10.8. The minimum absolute atomic E-state index is 0.0976. The second-order valence-corrected chi connectivity index (χ2v) is 2.40. The maximum absolute atomic E-state index is 9.87. The van der Waals surface area contributed by atoms with E-state index in [9.17, 15) is 4.79 Å². The normalized spacial score (nSPS) is 8.43. The lowest BCUT2D eigenvalue weighted by Crippen LogP contribution is -2.03. The molecular weight excluding hydrogens is 184 g/mol. The number of ether oxygens (including phenoxy) is 1. The van der Waals surface area contributed by atoms with E-state index in [-0.39, 0.29) is 19.2 Å². The summed E-state index contributed by atoms with van der Waals surface area (Å²) in [6.45, 7) is 1.31. The highest BCUT2D eigenvalue weighted by Gasteiger charge is 1.86. The Morgan fingerprint density at radius 1 is 1.36 bits per heavy atom. The van der Waals surface area contributed by atoms with Crippen molar-refractivity contribution < 1.29 is 19.7 Å². The first-order valence-corrected chi connectivity index (χ1v) is 4.15. The van der Waals surface area contributed by atoms with Crippen molar-refractivity contribution in [2.75, 3.05) is 13.2 Å². The molecule has 0 fully saturated rings. The van der Waals surface area contributed by atoms with Crippen LogP contribution in [0, 0.1) is 0 Å².